The first-order valence-corrected chi connectivity index (χ1v) is 4.68. The van der Waals surface area contributed by atoms with Gasteiger partial charge in [0.25, 0.3) is 0 Å². The van der Waals surface area contributed by atoms with E-state index in [1.54, 1.807) is 6.92 Å². The molecule has 1 aliphatic rings. The summed E-state index contributed by atoms with van der Waals surface area (Å²) in [6, 6.07) is 0. The molecular formula is C6H9O3P. The quantitative estimate of drug-likeness (QED) is 0.424. The Kier molecular flexibility index (Phi) is 1.87. The van der Waals surface area contributed by atoms with E-state index in [-0.39, 0.29) is 5.66 Å². The molecule has 0 spiro atoms. The van der Waals surface area contributed by atoms with Crippen LogP contribution < -0.4 is 0 Å². The lowest BCUT2D eigenvalue weighted by molar-refractivity contribution is 0.252. The molecule has 0 saturated carbocycles. The predicted molar refractivity (Wildman–Crippen MR) is 37.6 cm³/mol. The molecular weight excluding hydrogens is 151 g/mol. The van der Waals surface area contributed by atoms with Gasteiger partial charge in [0.05, 0.1) is 5.66 Å². The highest BCUT2D eigenvalue weighted by atomic mass is 31.2. The van der Waals surface area contributed by atoms with Crippen LogP contribution in [0.2, 0.25) is 0 Å². The van der Waals surface area contributed by atoms with E-state index in [2.05, 4.69) is 10.4 Å². The minimum absolute atomic E-state index is 0.312. The summed E-state index contributed by atoms with van der Waals surface area (Å²) in [6.45, 7) is 1.66. The van der Waals surface area contributed by atoms with Gasteiger partial charge in [-0.15, -0.1) is 6.42 Å². The summed E-state index contributed by atoms with van der Waals surface area (Å²) in [4.78, 5) is 9.00. The zero-order valence-corrected chi connectivity index (χ0v) is 6.54. The Morgan fingerprint density at radius 1 is 1.90 bits per heavy atom. The average Bonchev–Trinajstić information content (AvgIpc) is 2.08. The van der Waals surface area contributed by atoms with Gasteiger partial charge < -0.3 is 4.89 Å². The van der Waals surface area contributed by atoms with Crippen LogP contribution in [0.5, 0.6) is 0 Å². The number of rotatable bonds is 0. The van der Waals surface area contributed by atoms with E-state index in [1.807, 2.05) is 0 Å². The average molecular weight is 160 g/mol. The van der Waals surface area contributed by atoms with Crippen LogP contribution in [0.15, 0.2) is 0 Å². The van der Waals surface area contributed by atoms with Crippen LogP contribution in [0.3, 0.4) is 0 Å². The molecule has 0 amide bonds. The van der Waals surface area contributed by atoms with Gasteiger partial charge in [0.15, 0.2) is 0 Å². The fourth-order valence-corrected chi connectivity index (χ4v) is 2.05. The third-order valence-electron chi connectivity index (χ3n) is 1.58. The van der Waals surface area contributed by atoms with Crippen molar-refractivity contribution in [3.63, 3.8) is 0 Å². The van der Waals surface area contributed by atoms with Gasteiger partial charge in [0.2, 0.25) is 0 Å². The van der Waals surface area contributed by atoms with E-state index in [4.69, 9.17) is 11.3 Å². The van der Waals surface area contributed by atoms with Crippen LogP contribution in [0.1, 0.15) is 13.3 Å². The normalized spacial score (nSPS) is 46.9. The minimum atomic E-state index is -3.35. The summed E-state index contributed by atoms with van der Waals surface area (Å²) in [5.41, 5.74) is -0.312. The lowest BCUT2D eigenvalue weighted by atomic mass is 10.2. The zero-order valence-electron chi connectivity index (χ0n) is 5.65. The molecule has 1 saturated heterocycles. The van der Waals surface area contributed by atoms with Gasteiger partial charge in [0, 0.05) is 0 Å². The van der Waals surface area contributed by atoms with Crippen molar-refractivity contribution in [3.05, 3.63) is 0 Å². The van der Waals surface area contributed by atoms with Gasteiger partial charge in [0.1, 0.15) is 6.10 Å². The van der Waals surface area contributed by atoms with Crippen molar-refractivity contribution in [1.29, 1.82) is 0 Å². The van der Waals surface area contributed by atoms with Crippen LogP contribution in [-0.4, -0.2) is 16.7 Å². The van der Waals surface area contributed by atoms with E-state index in [0.29, 0.717) is 6.42 Å². The van der Waals surface area contributed by atoms with E-state index in [1.165, 1.54) is 0 Å². The van der Waals surface area contributed by atoms with E-state index in [0.717, 1.165) is 0 Å². The summed E-state index contributed by atoms with van der Waals surface area (Å²) in [7, 11) is -3.35. The first kappa shape index (κ1) is 7.81. The van der Waals surface area contributed by atoms with E-state index < -0.39 is 13.7 Å². The van der Waals surface area contributed by atoms with Crippen molar-refractivity contribution in [2.24, 2.45) is 0 Å². The lowest BCUT2D eigenvalue weighted by Crippen LogP contribution is -1.99. The van der Waals surface area contributed by atoms with E-state index >= 15 is 0 Å². The number of terminal acetylenes is 1. The number of hydrogen-bond acceptors (Lipinski definition) is 2. The van der Waals surface area contributed by atoms with Crippen molar-refractivity contribution in [2.45, 2.75) is 25.1 Å². The Morgan fingerprint density at radius 3 is 2.70 bits per heavy atom. The summed E-state index contributed by atoms with van der Waals surface area (Å²) >= 11 is 0. The van der Waals surface area contributed by atoms with E-state index in [9.17, 15) is 4.57 Å². The molecule has 1 rings (SSSR count). The molecule has 0 aromatic carbocycles. The van der Waals surface area contributed by atoms with Gasteiger partial charge in [-0.3, -0.25) is 9.09 Å². The van der Waals surface area contributed by atoms with Gasteiger partial charge in [-0.05, 0) is 6.42 Å². The van der Waals surface area contributed by atoms with Gasteiger partial charge in [-0.2, -0.15) is 0 Å². The lowest BCUT2D eigenvalue weighted by Gasteiger charge is -2.04. The van der Waals surface area contributed by atoms with Crippen molar-refractivity contribution < 1.29 is 14.0 Å². The Labute approximate surface area is 59.9 Å². The highest BCUT2D eigenvalue weighted by molar-refractivity contribution is 7.53. The molecule has 1 N–H and O–H groups in total. The van der Waals surface area contributed by atoms with Crippen LogP contribution in [0, 0.1) is 12.3 Å². The highest BCUT2D eigenvalue weighted by Crippen LogP contribution is 2.55. The highest BCUT2D eigenvalue weighted by Gasteiger charge is 2.39. The summed E-state index contributed by atoms with van der Waals surface area (Å²) < 4.78 is 15.6. The molecule has 3 unspecified atom stereocenters. The van der Waals surface area contributed by atoms with Gasteiger partial charge >= 0.3 is 7.60 Å². The molecule has 0 aromatic heterocycles. The van der Waals surface area contributed by atoms with Gasteiger partial charge in [-0.25, -0.2) is 0 Å². The molecule has 0 bridgehead atoms. The maximum Gasteiger partial charge on any atom is 0.332 e. The Hall–Kier alpha value is -0.290. The second-order valence-corrected chi connectivity index (χ2v) is 4.63. The maximum atomic E-state index is 11.0. The molecule has 10 heavy (non-hydrogen) atoms. The second kappa shape index (κ2) is 2.39. The number of hydrogen-bond donors (Lipinski definition) is 1. The van der Waals surface area contributed by atoms with Crippen LogP contribution in [0.4, 0.5) is 0 Å². The molecule has 1 fully saturated rings. The Balaban J connectivity index is 2.73. The third kappa shape index (κ3) is 1.24. The minimum Gasteiger partial charge on any atom is -0.324 e. The molecule has 1 heterocycles. The molecule has 1 aliphatic heterocycles. The topological polar surface area (TPSA) is 46.5 Å². The molecule has 0 aromatic rings. The molecule has 3 atom stereocenters. The third-order valence-corrected chi connectivity index (χ3v) is 3.46. The SMILES string of the molecule is C#CC1CC(C)P(=O)(O)O1. The van der Waals surface area contributed by atoms with Crippen molar-refractivity contribution in [3.8, 4) is 12.3 Å². The fraction of sp³-hybridized carbons (Fsp3) is 0.667. The molecule has 4 heteroatoms. The van der Waals surface area contributed by atoms with Crippen LogP contribution in [0.25, 0.3) is 0 Å². The first-order valence-electron chi connectivity index (χ1n) is 3.03. The zero-order chi connectivity index (χ0) is 7.78. The maximum absolute atomic E-state index is 11.0. The molecule has 0 aliphatic carbocycles. The van der Waals surface area contributed by atoms with Crippen molar-refractivity contribution in [1.82, 2.24) is 0 Å². The van der Waals surface area contributed by atoms with Crippen molar-refractivity contribution in [2.75, 3.05) is 0 Å². The van der Waals surface area contributed by atoms with Crippen LogP contribution >= 0.6 is 7.60 Å². The molecule has 0 radical (unpaired) electrons. The first-order chi connectivity index (χ1) is 4.56. The Morgan fingerprint density at radius 2 is 2.50 bits per heavy atom. The molecule has 56 valence electrons. The van der Waals surface area contributed by atoms with Gasteiger partial charge in [-0.1, -0.05) is 12.8 Å². The smallest absolute Gasteiger partial charge is 0.324 e. The summed E-state index contributed by atoms with van der Waals surface area (Å²) in [5.74, 6) is 2.30. The summed E-state index contributed by atoms with van der Waals surface area (Å²) in [5, 5.41) is 0. The summed E-state index contributed by atoms with van der Waals surface area (Å²) in [6.07, 6.45) is 5.03. The predicted octanol–water partition coefficient (Wildman–Crippen LogP) is 0.982. The monoisotopic (exact) mass is 160 g/mol. The second-order valence-electron chi connectivity index (χ2n) is 2.41. The Bertz CT molecular complexity index is 218. The largest absolute Gasteiger partial charge is 0.332 e. The van der Waals surface area contributed by atoms with Crippen LogP contribution in [-0.2, 0) is 9.09 Å². The standard InChI is InChI=1S/C6H9O3P/c1-3-6-4-5(2)10(7,8)9-6/h1,5-6H,4H2,2H3,(H,7,8). The van der Waals surface area contributed by atoms with Crippen molar-refractivity contribution >= 4 is 7.60 Å². The molecule has 3 nitrogen and oxygen atoms in total. The fourth-order valence-electron chi connectivity index (χ4n) is 0.871.